The number of carbonyl (C=O) groups excluding carboxylic acids is 1. The van der Waals surface area contributed by atoms with E-state index in [9.17, 15) is 4.79 Å². The van der Waals surface area contributed by atoms with E-state index in [0.717, 1.165) is 54.2 Å². The number of halogens is 1. The van der Waals surface area contributed by atoms with Gasteiger partial charge in [-0.05, 0) is 28.8 Å². The van der Waals surface area contributed by atoms with Crippen molar-refractivity contribution < 1.29 is 9.53 Å². The molecule has 1 aliphatic heterocycles. The lowest BCUT2D eigenvalue weighted by Gasteiger charge is -2.29. The van der Waals surface area contributed by atoms with Crippen LogP contribution in [0.3, 0.4) is 0 Å². The lowest BCUT2D eigenvalue weighted by molar-refractivity contribution is -0.118. The molecule has 34 heavy (non-hydrogen) atoms. The third kappa shape index (κ3) is 5.31. The number of para-hydroxylation sites is 1. The van der Waals surface area contributed by atoms with Crippen LogP contribution in [0.1, 0.15) is 5.56 Å². The lowest BCUT2D eigenvalue weighted by atomic mass is 10.0. The van der Waals surface area contributed by atoms with E-state index in [-0.39, 0.29) is 5.91 Å². The SMILES string of the molecule is O=C(Cc1ccc(-c2ccccc2)cc1)N(CCN1CCOCC1)c1nc2c(Cl)cccc2s1. The number of carbonyl (C=O) groups is 1. The molecule has 3 aromatic carbocycles. The highest BCUT2D eigenvalue weighted by atomic mass is 35.5. The number of aromatic nitrogens is 1. The molecule has 4 aromatic rings. The quantitative estimate of drug-likeness (QED) is 0.341. The minimum Gasteiger partial charge on any atom is -0.379 e. The first kappa shape index (κ1) is 23.0. The second-order valence-electron chi connectivity index (χ2n) is 8.32. The average Bonchev–Trinajstić information content (AvgIpc) is 3.31. The van der Waals surface area contributed by atoms with Crippen molar-refractivity contribution in [3.8, 4) is 11.1 Å². The monoisotopic (exact) mass is 491 g/mol. The van der Waals surface area contributed by atoms with Gasteiger partial charge in [0.05, 0.1) is 29.4 Å². The van der Waals surface area contributed by atoms with Crippen molar-refractivity contribution >= 4 is 44.2 Å². The van der Waals surface area contributed by atoms with E-state index < -0.39 is 0 Å². The number of amides is 1. The molecule has 1 saturated heterocycles. The van der Waals surface area contributed by atoms with Crippen LogP contribution in [0, 0.1) is 0 Å². The number of morpholine rings is 1. The predicted octanol–water partition coefficient (Wildman–Crippen LogP) is 5.52. The van der Waals surface area contributed by atoms with Gasteiger partial charge in [0.15, 0.2) is 5.13 Å². The molecule has 5 rings (SSSR count). The summed E-state index contributed by atoms with van der Waals surface area (Å²) in [6, 6.07) is 24.2. The molecule has 1 amide bonds. The highest BCUT2D eigenvalue weighted by molar-refractivity contribution is 7.22. The van der Waals surface area contributed by atoms with Gasteiger partial charge in [-0.15, -0.1) is 0 Å². The smallest absolute Gasteiger partial charge is 0.233 e. The van der Waals surface area contributed by atoms with Gasteiger partial charge in [-0.3, -0.25) is 14.6 Å². The fourth-order valence-electron chi connectivity index (χ4n) is 4.13. The highest BCUT2D eigenvalue weighted by Crippen LogP contribution is 2.33. The number of nitrogens with zero attached hydrogens (tertiary/aromatic N) is 3. The maximum Gasteiger partial charge on any atom is 0.233 e. The fourth-order valence-corrected chi connectivity index (χ4v) is 5.44. The summed E-state index contributed by atoms with van der Waals surface area (Å²) < 4.78 is 6.45. The van der Waals surface area contributed by atoms with Gasteiger partial charge in [0.1, 0.15) is 5.52 Å². The summed E-state index contributed by atoms with van der Waals surface area (Å²) in [6.07, 6.45) is 0.321. The first-order chi connectivity index (χ1) is 16.7. The van der Waals surface area contributed by atoms with E-state index in [1.165, 1.54) is 16.9 Å². The highest BCUT2D eigenvalue weighted by Gasteiger charge is 2.22. The van der Waals surface area contributed by atoms with Crippen molar-refractivity contribution in [2.45, 2.75) is 6.42 Å². The lowest BCUT2D eigenvalue weighted by Crippen LogP contribution is -2.43. The summed E-state index contributed by atoms with van der Waals surface area (Å²) >= 11 is 7.88. The van der Waals surface area contributed by atoms with Crippen molar-refractivity contribution in [2.75, 3.05) is 44.3 Å². The van der Waals surface area contributed by atoms with Crippen molar-refractivity contribution in [1.82, 2.24) is 9.88 Å². The summed E-state index contributed by atoms with van der Waals surface area (Å²) in [5.41, 5.74) is 4.04. The fraction of sp³-hybridized carbons (Fsp3) is 0.259. The van der Waals surface area contributed by atoms with E-state index in [0.29, 0.717) is 23.1 Å². The molecule has 7 heteroatoms. The van der Waals surface area contributed by atoms with E-state index in [1.54, 1.807) is 0 Å². The molecular weight excluding hydrogens is 466 g/mol. The molecule has 0 spiro atoms. The number of thiazole rings is 1. The minimum absolute atomic E-state index is 0.0379. The Bertz CT molecular complexity index is 1250. The largest absolute Gasteiger partial charge is 0.379 e. The van der Waals surface area contributed by atoms with Crippen molar-refractivity contribution in [2.24, 2.45) is 0 Å². The Morgan fingerprint density at radius 3 is 2.44 bits per heavy atom. The molecule has 1 aliphatic rings. The predicted molar refractivity (Wildman–Crippen MR) is 140 cm³/mol. The zero-order valence-electron chi connectivity index (χ0n) is 18.8. The van der Waals surface area contributed by atoms with Gasteiger partial charge in [0.2, 0.25) is 5.91 Å². The molecule has 1 aromatic heterocycles. The van der Waals surface area contributed by atoms with Crippen LogP contribution in [0.25, 0.3) is 21.3 Å². The van der Waals surface area contributed by atoms with Gasteiger partial charge >= 0.3 is 0 Å². The van der Waals surface area contributed by atoms with Crippen molar-refractivity contribution in [3.63, 3.8) is 0 Å². The second-order valence-corrected chi connectivity index (χ2v) is 9.74. The molecule has 0 bridgehead atoms. The summed E-state index contributed by atoms with van der Waals surface area (Å²) in [5, 5.41) is 1.30. The topological polar surface area (TPSA) is 45.7 Å². The summed E-state index contributed by atoms with van der Waals surface area (Å²) in [4.78, 5) is 22.4. The molecular formula is C27H26ClN3O2S. The van der Waals surface area contributed by atoms with Gasteiger partial charge < -0.3 is 4.74 Å². The van der Waals surface area contributed by atoms with Crippen molar-refractivity contribution in [1.29, 1.82) is 0 Å². The van der Waals surface area contributed by atoms with Gasteiger partial charge in [-0.25, -0.2) is 4.98 Å². The molecule has 0 saturated carbocycles. The van der Waals surface area contributed by atoms with E-state index in [4.69, 9.17) is 21.3 Å². The Hall–Kier alpha value is -2.77. The summed E-state index contributed by atoms with van der Waals surface area (Å²) in [5.74, 6) is 0.0379. The molecule has 5 nitrogen and oxygen atoms in total. The zero-order chi connectivity index (χ0) is 23.3. The van der Waals surface area contributed by atoms with Gasteiger partial charge in [0, 0.05) is 26.2 Å². The number of hydrogen-bond acceptors (Lipinski definition) is 5. The maximum absolute atomic E-state index is 13.5. The number of ether oxygens (including phenoxy) is 1. The molecule has 0 radical (unpaired) electrons. The Morgan fingerprint density at radius 2 is 1.71 bits per heavy atom. The van der Waals surface area contributed by atoms with Crippen LogP contribution in [0.2, 0.25) is 5.02 Å². The Labute approximate surface area is 208 Å². The zero-order valence-corrected chi connectivity index (χ0v) is 20.4. The third-order valence-electron chi connectivity index (χ3n) is 6.05. The average molecular weight is 492 g/mol. The van der Waals surface area contributed by atoms with Crippen molar-refractivity contribution in [3.05, 3.63) is 83.4 Å². The van der Waals surface area contributed by atoms with Crippen LogP contribution in [0.15, 0.2) is 72.8 Å². The van der Waals surface area contributed by atoms with Crippen LogP contribution in [-0.4, -0.2) is 55.2 Å². The molecule has 174 valence electrons. The first-order valence-corrected chi connectivity index (χ1v) is 12.7. The van der Waals surface area contributed by atoms with Crippen LogP contribution in [0.4, 0.5) is 5.13 Å². The number of fused-ring (bicyclic) bond motifs is 1. The maximum atomic E-state index is 13.5. The molecule has 0 aliphatic carbocycles. The van der Waals surface area contributed by atoms with E-state index in [2.05, 4.69) is 29.2 Å². The standard InChI is InChI=1S/C27H26ClN3O2S/c28-23-7-4-8-24-26(23)29-27(34-24)31(14-13-30-15-17-33-18-16-30)25(32)19-20-9-11-22(12-10-20)21-5-2-1-3-6-21/h1-12H,13-19H2. The Balaban J connectivity index is 1.36. The Kier molecular flexibility index (Phi) is 7.21. The Morgan fingerprint density at radius 1 is 0.971 bits per heavy atom. The van der Waals surface area contributed by atoms with Gasteiger partial charge in [-0.2, -0.15) is 0 Å². The second kappa shape index (κ2) is 10.7. The van der Waals surface area contributed by atoms with Crippen LogP contribution < -0.4 is 4.90 Å². The first-order valence-electron chi connectivity index (χ1n) is 11.5. The number of hydrogen-bond donors (Lipinski definition) is 0. The molecule has 0 atom stereocenters. The summed E-state index contributed by atoms with van der Waals surface area (Å²) in [6.45, 7) is 4.60. The molecule has 0 unspecified atom stereocenters. The minimum atomic E-state index is 0.0379. The summed E-state index contributed by atoms with van der Waals surface area (Å²) in [7, 11) is 0. The number of anilines is 1. The number of benzene rings is 3. The normalized spacial score (nSPS) is 14.4. The van der Waals surface area contributed by atoms with E-state index in [1.807, 2.05) is 53.4 Å². The van der Waals surface area contributed by atoms with Crippen LogP contribution in [-0.2, 0) is 16.0 Å². The molecule has 2 heterocycles. The number of rotatable bonds is 7. The third-order valence-corrected chi connectivity index (χ3v) is 7.40. The molecule has 1 fully saturated rings. The van der Waals surface area contributed by atoms with Crippen LogP contribution in [0.5, 0.6) is 0 Å². The van der Waals surface area contributed by atoms with Crippen LogP contribution >= 0.6 is 22.9 Å². The molecule has 0 N–H and O–H groups in total. The van der Waals surface area contributed by atoms with Gasteiger partial charge in [-0.1, -0.05) is 83.6 Å². The van der Waals surface area contributed by atoms with E-state index >= 15 is 0 Å². The van der Waals surface area contributed by atoms with Gasteiger partial charge in [0.25, 0.3) is 0 Å².